The third-order valence-electron chi connectivity index (χ3n) is 5.82. The van der Waals surface area contributed by atoms with Crippen molar-refractivity contribution >= 4 is 27.6 Å². The lowest BCUT2D eigenvalue weighted by atomic mass is 9.95. The van der Waals surface area contributed by atoms with Gasteiger partial charge in [-0.05, 0) is 48.6 Å². The van der Waals surface area contributed by atoms with Gasteiger partial charge in [-0.1, -0.05) is 32.0 Å². The number of fused-ring (bicyclic) bond motifs is 1. The molecule has 0 saturated carbocycles. The Balaban J connectivity index is 1.55. The number of ether oxygens (including phenoxy) is 2. The smallest absolute Gasteiger partial charge is 0.318 e. The molecule has 2 amide bonds. The molecule has 0 bridgehead atoms. The van der Waals surface area contributed by atoms with E-state index >= 15 is 0 Å². The van der Waals surface area contributed by atoms with E-state index in [0.29, 0.717) is 11.5 Å². The zero-order valence-corrected chi connectivity index (χ0v) is 19.2. The van der Waals surface area contributed by atoms with Crippen LogP contribution in [0.3, 0.4) is 0 Å². The van der Waals surface area contributed by atoms with Crippen molar-refractivity contribution in [1.29, 1.82) is 0 Å². The summed E-state index contributed by atoms with van der Waals surface area (Å²) in [6.07, 6.45) is 1.92. The third kappa shape index (κ3) is 4.32. The fourth-order valence-corrected chi connectivity index (χ4v) is 5.31. The standard InChI is InChI=1S/C24H29N3O3S/c1-15(2)22(16-11-12-19(29-3)20(14-16)30-4)26-24(28)27-13-7-9-18(27)23-25-17-8-5-6-10-21(17)31-23/h5-6,8,10-12,14-15,18,22H,7,9,13H2,1-4H3,(H,26,28)/t18-,22-/m0/s1. The highest BCUT2D eigenvalue weighted by Gasteiger charge is 2.34. The molecule has 0 spiro atoms. The van der Waals surface area contributed by atoms with E-state index in [1.165, 1.54) is 0 Å². The molecular weight excluding hydrogens is 410 g/mol. The van der Waals surface area contributed by atoms with Gasteiger partial charge >= 0.3 is 6.03 Å². The molecule has 1 N–H and O–H groups in total. The number of hydrogen-bond donors (Lipinski definition) is 1. The van der Waals surface area contributed by atoms with Crippen LogP contribution < -0.4 is 14.8 Å². The Morgan fingerprint density at radius 2 is 1.94 bits per heavy atom. The number of hydrogen-bond acceptors (Lipinski definition) is 5. The maximum absolute atomic E-state index is 13.3. The molecular formula is C24H29N3O3S. The number of rotatable bonds is 6. The lowest BCUT2D eigenvalue weighted by Crippen LogP contribution is -2.42. The summed E-state index contributed by atoms with van der Waals surface area (Å²) in [6, 6.07) is 13.8. The summed E-state index contributed by atoms with van der Waals surface area (Å²) in [5, 5.41) is 4.28. The SMILES string of the molecule is COc1ccc([C@@H](NC(=O)N2CCC[C@H]2c2nc3ccccc3s2)C(C)C)cc1OC. The number of likely N-dealkylation sites (tertiary alicyclic amines) is 1. The monoisotopic (exact) mass is 439 g/mol. The highest BCUT2D eigenvalue weighted by molar-refractivity contribution is 7.18. The maximum atomic E-state index is 13.3. The van der Waals surface area contributed by atoms with Crippen LogP contribution >= 0.6 is 11.3 Å². The molecule has 7 heteroatoms. The average Bonchev–Trinajstić information content (AvgIpc) is 3.43. The zero-order chi connectivity index (χ0) is 22.0. The predicted octanol–water partition coefficient (Wildman–Crippen LogP) is 5.56. The summed E-state index contributed by atoms with van der Waals surface area (Å²) in [7, 11) is 3.24. The Hall–Kier alpha value is -2.80. The minimum Gasteiger partial charge on any atom is -0.493 e. The number of methoxy groups -OCH3 is 2. The molecule has 0 unspecified atom stereocenters. The molecule has 2 aromatic carbocycles. The molecule has 1 saturated heterocycles. The summed E-state index contributed by atoms with van der Waals surface area (Å²) < 4.78 is 12.0. The first-order chi connectivity index (χ1) is 15.0. The summed E-state index contributed by atoms with van der Waals surface area (Å²) >= 11 is 1.68. The minimum atomic E-state index is -0.135. The van der Waals surface area contributed by atoms with Crippen molar-refractivity contribution in [3.8, 4) is 11.5 Å². The average molecular weight is 440 g/mol. The van der Waals surface area contributed by atoms with Crippen LogP contribution in [0.15, 0.2) is 42.5 Å². The van der Waals surface area contributed by atoms with Crippen LogP contribution in [0.1, 0.15) is 49.3 Å². The molecule has 0 radical (unpaired) electrons. The summed E-state index contributed by atoms with van der Waals surface area (Å²) in [4.78, 5) is 20.1. The lowest BCUT2D eigenvalue weighted by molar-refractivity contribution is 0.185. The number of thiazole rings is 1. The number of amides is 2. The van der Waals surface area contributed by atoms with Crippen molar-refractivity contribution in [3.05, 3.63) is 53.0 Å². The molecule has 0 aliphatic carbocycles. The van der Waals surface area contributed by atoms with Crippen molar-refractivity contribution in [2.45, 2.75) is 38.8 Å². The van der Waals surface area contributed by atoms with E-state index < -0.39 is 0 Å². The summed E-state index contributed by atoms with van der Waals surface area (Å²) in [5.74, 6) is 1.55. The highest BCUT2D eigenvalue weighted by atomic mass is 32.1. The Morgan fingerprint density at radius 3 is 2.65 bits per heavy atom. The van der Waals surface area contributed by atoms with Gasteiger partial charge in [-0.2, -0.15) is 0 Å². The lowest BCUT2D eigenvalue weighted by Gasteiger charge is -2.29. The van der Waals surface area contributed by atoms with Gasteiger partial charge in [0.05, 0.1) is 36.5 Å². The van der Waals surface area contributed by atoms with E-state index in [1.807, 2.05) is 41.3 Å². The maximum Gasteiger partial charge on any atom is 0.318 e. The van der Waals surface area contributed by atoms with E-state index in [0.717, 1.165) is 40.2 Å². The second-order valence-corrected chi connectivity index (χ2v) is 9.22. The second kappa shape index (κ2) is 9.14. The van der Waals surface area contributed by atoms with Crippen LogP contribution in [-0.2, 0) is 0 Å². The Morgan fingerprint density at radius 1 is 1.16 bits per heavy atom. The van der Waals surface area contributed by atoms with Crippen LogP contribution in [0.4, 0.5) is 4.79 Å². The number of para-hydroxylation sites is 1. The van der Waals surface area contributed by atoms with Gasteiger partial charge in [-0.15, -0.1) is 11.3 Å². The van der Waals surface area contributed by atoms with Crippen molar-refractivity contribution in [1.82, 2.24) is 15.2 Å². The van der Waals surface area contributed by atoms with Gasteiger partial charge in [0, 0.05) is 6.54 Å². The zero-order valence-electron chi connectivity index (χ0n) is 18.4. The van der Waals surface area contributed by atoms with Crippen LogP contribution in [-0.4, -0.2) is 36.7 Å². The van der Waals surface area contributed by atoms with Crippen molar-refractivity contribution in [3.63, 3.8) is 0 Å². The van der Waals surface area contributed by atoms with Crippen molar-refractivity contribution < 1.29 is 14.3 Å². The van der Waals surface area contributed by atoms with Crippen LogP contribution in [0.25, 0.3) is 10.2 Å². The van der Waals surface area contributed by atoms with Gasteiger partial charge in [-0.3, -0.25) is 0 Å². The van der Waals surface area contributed by atoms with Crippen LogP contribution in [0.5, 0.6) is 11.5 Å². The largest absolute Gasteiger partial charge is 0.493 e. The van der Waals surface area contributed by atoms with Gasteiger partial charge in [0.15, 0.2) is 11.5 Å². The molecule has 3 aromatic rings. The molecule has 1 fully saturated rings. The van der Waals surface area contributed by atoms with Gasteiger partial charge in [-0.25, -0.2) is 9.78 Å². The molecule has 2 heterocycles. The number of carbonyl (C=O) groups excluding carboxylic acids is 1. The molecule has 4 rings (SSSR count). The topological polar surface area (TPSA) is 63.7 Å². The van der Waals surface area contributed by atoms with Gasteiger partial charge in [0.2, 0.25) is 0 Å². The van der Waals surface area contributed by atoms with Crippen LogP contribution in [0.2, 0.25) is 0 Å². The predicted molar refractivity (Wildman–Crippen MR) is 124 cm³/mol. The Kier molecular flexibility index (Phi) is 6.32. The minimum absolute atomic E-state index is 0.0237. The number of urea groups is 1. The first kappa shape index (κ1) is 21.4. The number of aromatic nitrogens is 1. The fraction of sp³-hybridized carbons (Fsp3) is 0.417. The summed E-state index contributed by atoms with van der Waals surface area (Å²) in [6.45, 7) is 4.95. The number of carbonyl (C=O) groups is 1. The molecule has 1 aromatic heterocycles. The fourth-order valence-electron chi connectivity index (χ4n) is 4.20. The van der Waals surface area contributed by atoms with Gasteiger partial charge in [0.25, 0.3) is 0 Å². The number of nitrogens with one attached hydrogen (secondary N) is 1. The van der Waals surface area contributed by atoms with E-state index in [-0.39, 0.29) is 24.0 Å². The van der Waals surface area contributed by atoms with E-state index in [4.69, 9.17) is 14.5 Å². The van der Waals surface area contributed by atoms with Crippen molar-refractivity contribution in [2.24, 2.45) is 5.92 Å². The van der Waals surface area contributed by atoms with E-state index in [1.54, 1.807) is 25.6 Å². The van der Waals surface area contributed by atoms with E-state index in [2.05, 4.69) is 25.2 Å². The first-order valence-electron chi connectivity index (χ1n) is 10.7. The Labute approximate surface area is 187 Å². The molecule has 164 valence electrons. The van der Waals surface area contributed by atoms with Crippen LogP contribution in [0, 0.1) is 5.92 Å². The quantitative estimate of drug-likeness (QED) is 0.546. The summed E-state index contributed by atoms with van der Waals surface area (Å²) in [5.41, 5.74) is 2.00. The van der Waals surface area contributed by atoms with Crippen molar-refractivity contribution in [2.75, 3.05) is 20.8 Å². The van der Waals surface area contributed by atoms with Gasteiger partial charge < -0.3 is 19.7 Å². The highest BCUT2D eigenvalue weighted by Crippen LogP contribution is 2.37. The third-order valence-corrected chi connectivity index (χ3v) is 6.96. The molecule has 1 aliphatic rings. The molecule has 1 aliphatic heterocycles. The Bertz CT molecular complexity index is 1030. The normalized spacial score (nSPS) is 17.2. The number of benzene rings is 2. The first-order valence-corrected chi connectivity index (χ1v) is 11.5. The van der Waals surface area contributed by atoms with E-state index in [9.17, 15) is 4.79 Å². The number of nitrogens with zero attached hydrogens (tertiary/aromatic N) is 2. The molecule has 31 heavy (non-hydrogen) atoms. The van der Waals surface area contributed by atoms with Gasteiger partial charge in [0.1, 0.15) is 5.01 Å². The molecule has 2 atom stereocenters. The molecule has 6 nitrogen and oxygen atoms in total. The second-order valence-electron chi connectivity index (χ2n) is 8.16.